The lowest BCUT2D eigenvalue weighted by Crippen LogP contribution is -2.28. The highest BCUT2D eigenvalue weighted by Crippen LogP contribution is 2.24. The fourth-order valence-electron chi connectivity index (χ4n) is 2.77. The second-order valence-electron chi connectivity index (χ2n) is 5.17. The Morgan fingerprint density at radius 3 is 3.06 bits per heavy atom. The molecule has 96 valence electrons. The van der Waals surface area contributed by atoms with Gasteiger partial charge in [-0.15, -0.1) is 0 Å². The number of hydrogen-bond acceptors (Lipinski definition) is 2. The molecular weight excluding hydrogens is 290 g/mol. The van der Waals surface area contributed by atoms with Crippen molar-refractivity contribution in [3.05, 3.63) is 34.5 Å². The lowest BCUT2D eigenvalue weighted by molar-refractivity contribution is 0.266. The molecule has 2 aromatic rings. The average Bonchev–Trinajstić information content (AvgIpc) is 2.92. The van der Waals surface area contributed by atoms with Gasteiger partial charge in [-0.2, -0.15) is 0 Å². The predicted molar refractivity (Wildman–Crippen MR) is 77.9 cm³/mol. The average molecular weight is 308 g/mol. The summed E-state index contributed by atoms with van der Waals surface area (Å²) in [7, 11) is 0. The van der Waals surface area contributed by atoms with Crippen LogP contribution in [0.3, 0.4) is 0 Å². The molecule has 1 aliphatic heterocycles. The van der Waals surface area contributed by atoms with Crippen molar-refractivity contribution in [2.24, 2.45) is 0 Å². The van der Waals surface area contributed by atoms with E-state index < -0.39 is 0 Å². The molecular formula is C15H18BrNO. The summed E-state index contributed by atoms with van der Waals surface area (Å²) in [4.78, 5) is 2.56. The van der Waals surface area contributed by atoms with Crippen LogP contribution in [0, 0.1) is 0 Å². The van der Waals surface area contributed by atoms with E-state index in [2.05, 4.69) is 39.9 Å². The van der Waals surface area contributed by atoms with Crippen molar-refractivity contribution in [1.29, 1.82) is 0 Å². The molecule has 3 rings (SSSR count). The fourth-order valence-corrected chi connectivity index (χ4v) is 3.15. The molecule has 0 bridgehead atoms. The first-order valence-corrected chi connectivity index (χ1v) is 7.44. The molecule has 0 N–H and O–H groups in total. The first kappa shape index (κ1) is 12.2. The Kier molecular flexibility index (Phi) is 3.44. The van der Waals surface area contributed by atoms with Crippen LogP contribution in [0.4, 0.5) is 0 Å². The van der Waals surface area contributed by atoms with Crippen molar-refractivity contribution in [2.75, 3.05) is 13.1 Å². The summed E-state index contributed by atoms with van der Waals surface area (Å²) in [5, 5.41) is 1.19. The summed E-state index contributed by atoms with van der Waals surface area (Å²) in [5.74, 6) is 1.10. The minimum absolute atomic E-state index is 0.739. The quantitative estimate of drug-likeness (QED) is 0.844. The van der Waals surface area contributed by atoms with E-state index >= 15 is 0 Å². The van der Waals surface area contributed by atoms with Gasteiger partial charge >= 0.3 is 0 Å². The molecule has 1 atom stereocenters. The van der Waals surface area contributed by atoms with Crippen molar-refractivity contribution in [2.45, 2.75) is 32.2 Å². The molecule has 0 spiro atoms. The SMILES string of the molecule is CC1CCCN1CCc1cc2cc(Br)ccc2o1. The van der Waals surface area contributed by atoms with Crippen LogP contribution in [0.1, 0.15) is 25.5 Å². The molecule has 1 aliphatic rings. The molecule has 1 saturated heterocycles. The van der Waals surface area contributed by atoms with Crippen molar-refractivity contribution in [3.63, 3.8) is 0 Å². The second kappa shape index (κ2) is 5.06. The van der Waals surface area contributed by atoms with Crippen molar-refractivity contribution < 1.29 is 4.42 Å². The van der Waals surface area contributed by atoms with E-state index in [9.17, 15) is 0 Å². The number of nitrogens with zero attached hydrogens (tertiary/aromatic N) is 1. The Balaban J connectivity index is 1.71. The molecule has 1 unspecified atom stereocenters. The highest BCUT2D eigenvalue weighted by molar-refractivity contribution is 9.10. The third-order valence-electron chi connectivity index (χ3n) is 3.87. The number of fused-ring (bicyclic) bond motifs is 1. The van der Waals surface area contributed by atoms with E-state index in [4.69, 9.17) is 4.42 Å². The molecule has 0 aliphatic carbocycles. The van der Waals surface area contributed by atoms with Gasteiger partial charge in [0.05, 0.1) is 0 Å². The summed E-state index contributed by atoms with van der Waals surface area (Å²) in [5.41, 5.74) is 0.989. The van der Waals surface area contributed by atoms with Crippen molar-refractivity contribution in [3.8, 4) is 0 Å². The number of rotatable bonds is 3. The van der Waals surface area contributed by atoms with Gasteiger partial charge in [-0.1, -0.05) is 15.9 Å². The lowest BCUT2D eigenvalue weighted by atomic mass is 10.2. The third kappa shape index (κ3) is 2.47. The minimum Gasteiger partial charge on any atom is -0.461 e. The van der Waals surface area contributed by atoms with Crippen LogP contribution in [-0.2, 0) is 6.42 Å². The number of furan rings is 1. The topological polar surface area (TPSA) is 16.4 Å². The molecule has 0 saturated carbocycles. The van der Waals surface area contributed by atoms with Gasteiger partial charge in [0.25, 0.3) is 0 Å². The molecule has 1 aromatic heterocycles. The maximum Gasteiger partial charge on any atom is 0.134 e. The van der Waals surface area contributed by atoms with Gasteiger partial charge in [-0.3, -0.25) is 0 Å². The molecule has 0 amide bonds. The van der Waals surface area contributed by atoms with Crippen molar-refractivity contribution >= 4 is 26.9 Å². The number of halogens is 1. The minimum atomic E-state index is 0.739. The Bertz CT molecular complexity index is 548. The van der Waals surface area contributed by atoms with Crippen LogP contribution in [0.25, 0.3) is 11.0 Å². The molecule has 2 heterocycles. The normalized spacial score (nSPS) is 20.9. The van der Waals surface area contributed by atoms with E-state index in [0.717, 1.165) is 34.8 Å². The third-order valence-corrected chi connectivity index (χ3v) is 4.36. The number of hydrogen-bond donors (Lipinski definition) is 0. The van der Waals surface area contributed by atoms with Gasteiger partial charge in [-0.05, 0) is 50.6 Å². The second-order valence-corrected chi connectivity index (χ2v) is 6.09. The first-order valence-electron chi connectivity index (χ1n) is 6.64. The van der Waals surface area contributed by atoms with E-state index in [-0.39, 0.29) is 0 Å². The van der Waals surface area contributed by atoms with Gasteiger partial charge in [0.15, 0.2) is 0 Å². The summed E-state index contributed by atoms with van der Waals surface area (Å²) in [6, 6.07) is 9.07. The Morgan fingerprint density at radius 1 is 1.39 bits per heavy atom. The summed E-state index contributed by atoms with van der Waals surface area (Å²) in [6.07, 6.45) is 3.69. The monoisotopic (exact) mass is 307 g/mol. The predicted octanol–water partition coefficient (Wildman–Crippen LogP) is 4.22. The molecule has 2 nitrogen and oxygen atoms in total. The van der Waals surface area contributed by atoms with Gasteiger partial charge in [0.2, 0.25) is 0 Å². The molecule has 18 heavy (non-hydrogen) atoms. The summed E-state index contributed by atoms with van der Waals surface area (Å²) in [6.45, 7) is 4.68. The van der Waals surface area contributed by atoms with Gasteiger partial charge in [-0.25, -0.2) is 0 Å². The Morgan fingerprint density at radius 2 is 2.28 bits per heavy atom. The standard InChI is InChI=1S/C15H18BrNO/c1-11-3-2-7-17(11)8-6-14-10-12-9-13(16)4-5-15(12)18-14/h4-5,9-11H,2-3,6-8H2,1H3. The van der Waals surface area contributed by atoms with Crippen LogP contribution in [0.2, 0.25) is 0 Å². The zero-order valence-electron chi connectivity index (χ0n) is 10.7. The van der Waals surface area contributed by atoms with Crippen LogP contribution < -0.4 is 0 Å². The van der Waals surface area contributed by atoms with Crippen LogP contribution >= 0.6 is 15.9 Å². The lowest BCUT2D eigenvalue weighted by Gasteiger charge is -2.19. The van der Waals surface area contributed by atoms with Gasteiger partial charge in [0, 0.05) is 28.9 Å². The van der Waals surface area contributed by atoms with Crippen LogP contribution in [0.5, 0.6) is 0 Å². The van der Waals surface area contributed by atoms with E-state index in [1.807, 2.05) is 12.1 Å². The highest BCUT2D eigenvalue weighted by atomic mass is 79.9. The Labute approximate surface area is 116 Å². The fraction of sp³-hybridized carbons (Fsp3) is 0.467. The van der Waals surface area contributed by atoms with E-state index in [1.54, 1.807) is 0 Å². The maximum absolute atomic E-state index is 5.87. The summed E-state index contributed by atoms with van der Waals surface area (Å²) >= 11 is 3.49. The number of benzene rings is 1. The van der Waals surface area contributed by atoms with Crippen LogP contribution in [0.15, 0.2) is 33.2 Å². The Hall–Kier alpha value is -0.800. The highest BCUT2D eigenvalue weighted by Gasteiger charge is 2.19. The maximum atomic E-state index is 5.87. The zero-order chi connectivity index (χ0) is 12.5. The van der Waals surface area contributed by atoms with Gasteiger partial charge in [0.1, 0.15) is 11.3 Å². The first-order chi connectivity index (χ1) is 8.72. The molecule has 1 fully saturated rings. The van der Waals surface area contributed by atoms with E-state index in [0.29, 0.717) is 0 Å². The number of likely N-dealkylation sites (tertiary alicyclic amines) is 1. The smallest absolute Gasteiger partial charge is 0.134 e. The van der Waals surface area contributed by atoms with E-state index in [1.165, 1.54) is 24.8 Å². The van der Waals surface area contributed by atoms with Crippen LogP contribution in [-0.4, -0.2) is 24.0 Å². The van der Waals surface area contributed by atoms with Crippen molar-refractivity contribution in [1.82, 2.24) is 4.90 Å². The molecule has 3 heteroatoms. The largest absolute Gasteiger partial charge is 0.461 e. The zero-order valence-corrected chi connectivity index (χ0v) is 12.2. The summed E-state index contributed by atoms with van der Waals surface area (Å²) < 4.78 is 6.98. The molecule has 1 aromatic carbocycles. The van der Waals surface area contributed by atoms with Gasteiger partial charge < -0.3 is 9.32 Å². The molecule has 0 radical (unpaired) electrons.